The van der Waals surface area contributed by atoms with Crippen LogP contribution in [0.15, 0.2) is 58.7 Å². The highest BCUT2D eigenvalue weighted by Crippen LogP contribution is 2.30. The minimum absolute atomic E-state index is 0.0853. The predicted octanol–water partition coefficient (Wildman–Crippen LogP) is 5.09. The zero-order valence-corrected chi connectivity index (χ0v) is 17.2. The van der Waals surface area contributed by atoms with E-state index in [0.717, 1.165) is 28.7 Å². The molecule has 2 aromatic carbocycles. The molecule has 1 heterocycles. The molecular weight excluding hydrogens is 406 g/mol. The lowest BCUT2D eigenvalue weighted by Gasteiger charge is -2.09. The van der Waals surface area contributed by atoms with Crippen molar-refractivity contribution in [3.63, 3.8) is 0 Å². The molecule has 1 aromatic heterocycles. The van der Waals surface area contributed by atoms with Crippen molar-refractivity contribution < 1.29 is 9.85 Å². The minimum atomic E-state index is -0.494. The summed E-state index contributed by atoms with van der Waals surface area (Å²) in [5, 5.41) is 23.2. The molecule has 0 atom stereocenters. The van der Waals surface area contributed by atoms with Crippen LogP contribution in [0.3, 0.4) is 0 Å². The lowest BCUT2D eigenvalue weighted by molar-refractivity contribution is -0.385. The van der Waals surface area contributed by atoms with Gasteiger partial charge in [0.15, 0.2) is 5.16 Å². The second-order valence-corrected chi connectivity index (χ2v) is 7.44. The van der Waals surface area contributed by atoms with E-state index in [2.05, 4.69) is 15.0 Å². The summed E-state index contributed by atoms with van der Waals surface area (Å²) in [5.74, 6) is 0. The SMILES string of the molecule is Cc1cc(C)nc(SC(=Nc2cc([N+](=O)[O-])ccc2C)c2cccc([N+](=O)[O-])c2)n1. The molecule has 3 aromatic rings. The van der Waals surface area contributed by atoms with E-state index < -0.39 is 9.85 Å². The van der Waals surface area contributed by atoms with Crippen LogP contribution >= 0.6 is 11.8 Å². The van der Waals surface area contributed by atoms with Crippen LogP contribution in [0.2, 0.25) is 0 Å². The molecule has 30 heavy (non-hydrogen) atoms. The van der Waals surface area contributed by atoms with E-state index in [1.54, 1.807) is 25.1 Å². The maximum Gasteiger partial charge on any atom is 0.271 e. The average molecular weight is 423 g/mol. The van der Waals surface area contributed by atoms with E-state index in [4.69, 9.17) is 0 Å². The first-order valence-corrected chi connectivity index (χ1v) is 9.63. The van der Waals surface area contributed by atoms with Crippen molar-refractivity contribution in [3.05, 3.63) is 91.3 Å². The Morgan fingerprint density at radius 2 is 1.53 bits per heavy atom. The highest BCUT2D eigenvalue weighted by molar-refractivity contribution is 8.14. The van der Waals surface area contributed by atoms with Crippen LogP contribution in [0.4, 0.5) is 17.1 Å². The minimum Gasteiger partial charge on any atom is -0.258 e. The molecule has 0 saturated heterocycles. The van der Waals surface area contributed by atoms with Crippen molar-refractivity contribution in [2.24, 2.45) is 4.99 Å². The Hall–Kier alpha value is -3.66. The van der Waals surface area contributed by atoms with Crippen LogP contribution < -0.4 is 0 Å². The molecule has 0 aliphatic carbocycles. The summed E-state index contributed by atoms with van der Waals surface area (Å²) in [7, 11) is 0. The Balaban J connectivity index is 2.15. The van der Waals surface area contributed by atoms with Gasteiger partial charge in [-0.15, -0.1) is 0 Å². The number of nitrogens with zero attached hydrogens (tertiary/aromatic N) is 5. The Morgan fingerprint density at radius 3 is 2.17 bits per heavy atom. The maximum atomic E-state index is 11.2. The van der Waals surface area contributed by atoms with Crippen LogP contribution in [-0.4, -0.2) is 24.9 Å². The van der Waals surface area contributed by atoms with Gasteiger partial charge in [-0.1, -0.05) is 18.2 Å². The highest BCUT2D eigenvalue weighted by atomic mass is 32.2. The third kappa shape index (κ3) is 5.03. The number of aliphatic imine (C=N–C) groups is 1. The Morgan fingerprint density at radius 1 is 0.900 bits per heavy atom. The second-order valence-electron chi connectivity index (χ2n) is 6.49. The Labute approximate surface area is 176 Å². The van der Waals surface area contributed by atoms with Gasteiger partial charge in [0, 0.05) is 41.2 Å². The molecular formula is C20H17N5O4S. The molecule has 3 rings (SSSR count). The van der Waals surface area contributed by atoms with E-state index >= 15 is 0 Å². The van der Waals surface area contributed by atoms with E-state index in [1.165, 1.54) is 24.3 Å². The van der Waals surface area contributed by atoms with Gasteiger partial charge in [-0.05, 0) is 44.2 Å². The first kappa shape index (κ1) is 21.1. The van der Waals surface area contributed by atoms with Gasteiger partial charge >= 0.3 is 0 Å². The number of nitro groups is 2. The fourth-order valence-electron chi connectivity index (χ4n) is 2.67. The van der Waals surface area contributed by atoms with Gasteiger partial charge in [0.05, 0.1) is 15.5 Å². The van der Waals surface area contributed by atoms with E-state index in [0.29, 0.717) is 21.5 Å². The zero-order chi connectivity index (χ0) is 21.8. The second kappa shape index (κ2) is 8.78. The van der Waals surface area contributed by atoms with Crippen molar-refractivity contribution in [1.82, 2.24) is 9.97 Å². The summed E-state index contributed by atoms with van der Waals surface area (Å²) >= 11 is 1.14. The Kier molecular flexibility index (Phi) is 6.17. The third-order valence-electron chi connectivity index (χ3n) is 4.08. The zero-order valence-electron chi connectivity index (χ0n) is 16.4. The number of hydrogen-bond donors (Lipinski definition) is 0. The molecule has 0 saturated carbocycles. The van der Waals surface area contributed by atoms with E-state index in [1.807, 2.05) is 19.9 Å². The summed E-state index contributed by atoms with van der Waals surface area (Å²) in [6.45, 7) is 5.47. The topological polar surface area (TPSA) is 124 Å². The summed E-state index contributed by atoms with van der Waals surface area (Å²) in [5.41, 5.74) is 2.98. The molecule has 0 unspecified atom stereocenters. The highest BCUT2D eigenvalue weighted by Gasteiger charge is 2.16. The lowest BCUT2D eigenvalue weighted by atomic mass is 10.1. The van der Waals surface area contributed by atoms with E-state index in [-0.39, 0.29) is 11.4 Å². The van der Waals surface area contributed by atoms with Crippen molar-refractivity contribution >= 4 is 33.9 Å². The monoisotopic (exact) mass is 423 g/mol. The molecule has 0 aliphatic rings. The fourth-order valence-corrected chi connectivity index (χ4v) is 3.61. The number of hydrogen-bond acceptors (Lipinski definition) is 8. The molecule has 0 radical (unpaired) electrons. The first-order chi connectivity index (χ1) is 14.2. The van der Waals surface area contributed by atoms with Crippen LogP contribution in [0.1, 0.15) is 22.5 Å². The summed E-state index contributed by atoms with van der Waals surface area (Å²) in [6.07, 6.45) is 0. The summed E-state index contributed by atoms with van der Waals surface area (Å²) in [6, 6.07) is 12.3. The third-order valence-corrected chi connectivity index (χ3v) is 4.96. The molecule has 0 aliphatic heterocycles. The van der Waals surface area contributed by atoms with Gasteiger partial charge in [-0.25, -0.2) is 15.0 Å². The smallest absolute Gasteiger partial charge is 0.258 e. The van der Waals surface area contributed by atoms with Gasteiger partial charge in [0.2, 0.25) is 0 Å². The predicted molar refractivity (Wildman–Crippen MR) is 114 cm³/mol. The summed E-state index contributed by atoms with van der Waals surface area (Å²) in [4.78, 5) is 34.8. The van der Waals surface area contributed by atoms with Gasteiger partial charge in [-0.3, -0.25) is 20.2 Å². The fraction of sp³-hybridized carbons (Fsp3) is 0.150. The lowest BCUT2D eigenvalue weighted by Crippen LogP contribution is -2.01. The summed E-state index contributed by atoms with van der Waals surface area (Å²) < 4.78 is 0. The van der Waals surface area contributed by atoms with E-state index in [9.17, 15) is 20.2 Å². The number of aryl methyl sites for hydroxylation is 3. The Bertz CT molecular complexity index is 1160. The van der Waals surface area contributed by atoms with Gasteiger partial charge < -0.3 is 0 Å². The largest absolute Gasteiger partial charge is 0.271 e. The maximum absolute atomic E-state index is 11.2. The van der Waals surface area contributed by atoms with Crippen LogP contribution in [0.5, 0.6) is 0 Å². The number of non-ortho nitro benzene ring substituents is 2. The standard InChI is InChI=1S/C20H17N5O4S/c1-12-7-8-17(25(28)29)11-18(12)23-19(15-5-4-6-16(10-15)24(26)27)30-20-21-13(2)9-14(3)22-20/h4-11H,1-3H3. The number of thioether (sulfide) groups is 1. The normalized spacial score (nSPS) is 11.4. The molecule has 0 bridgehead atoms. The van der Waals surface area contributed by atoms with Crippen molar-refractivity contribution in [1.29, 1.82) is 0 Å². The molecule has 0 fully saturated rings. The number of aromatic nitrogens is 2. The molecule has 152 valence electrons. The van der Waals surface area contributed by atoms with Crippen LogP contribution in [0.25, 0.3) is 0 Å². The molecule has 0 amide bonds. The molecule has 9 nitrogen and oxygen atoms in total. The van der Waals surface area contributed by atoms with Gasteiger partial charge in [0.1, 0.15) is 5.04 Å². The number of nitro benzene ring substituents is 2. The average Bonchev–Trinajstić information content (AvgIpc) is 2.68. The molecule has 0 spiro atoms. The van der Waals surface area contributed by atoms with Crippen molar-refractivity contribution in [3.8, 4) is 0 Å². The number of rotatable bonds is 5. The van der Waals surface area contributed by atoms with Gasteiger partial charge in [-0.2, -0.15) is 0 Å². The quantitative estimate of drug-likeness (QED) is 0.140. The molecule has 0 N–H and O–H groups in total. The van der Waals surface area contributed by atoms with Crippen molar-refractivity contribution in [2.75, 3.05) is 0 Å². The number of benzene rings is 2. The molecule has 10 heteroatoms. The van der Waals surface area contributed by atoms with Crippen molar-refractivity contribution in [2.45, 2.75) is 25.9 Å². The van der Waals surface area contributed by atoms with Gasteiger partial charge in [0.25, 0.3) is 11.4 Å². The van der Waals surface area contributed by atoms with Crippen LogP contribution in [-0.2, 0) is 0 Å². The first-order valence-electron chi connectivity index (χ1n) is 8.81. The van der Waals surface area contributed by atoms with Crippen LogP contribution in [0, 0.1) is 41.0 Å².